The van der Waals surface area contributed by atoms with Crippen molar-refractivity contribution < 1.29 is 10.1 Å². The van der Waals surface area contributed by atoms with Crippen LogP contribution in [0.1, 0.15) is 6.92 Å². The predicted octanol–water partition coefficient (Wildman–Crippen LogP) is -1.77. The summed E-state index contributed by atoms with van der Waals surface area (Å²) >= 11 is 0. The van der Waals surface area contributed by atoms with Gasteiger partial charge in [-0.05, 0) is 19.1 Å². The summed E-state index contributed by atoms with van der Waals surface area (Å²) in [6, 6.07) is 9.97. The number of guanidine groups is 1. The first-order valence-corrected chi connectivity index (χ1v) is 5.73. The second-order valence-corrected chi connectivity index (χ2v) is 3.86. The maximum Gasteiger partial charge on any atom is 0.338 e. The molecular formula is C12H21N4O+. The lowest BCUT2D eigenvalue weighted by molar-refractivity contribution is -0.470. The maximum absolute atomic E-state index is 9.83. The van der Waals surface area contributed by atoms with Crippen LogP contribution in [0.15, 0.2) is 30.3 Å². The molecule has 0 aliphatic heterocycles. The molecule has 0 spiro atoms. The highest BCUT2D eigenvalue weighted by Crippen LogP contribution is 2.12. The molecule has 1 aromatic rings. The monoisotopic (exact) mass is 237 g/mol. The number of likely N-dealkylation sites (N-methyl/N-ethyl adjacent to an activating group) is 1. The van der Waals surface area contributed by atoms with Crippen LogP contribution in [0.3, 0.4) is 0 Å². The minimum absolute atomic E-state index is 0.131. The quantitative estimate of drug-likeness (QED) is 0.348. The van der Waals surface area contributed by atoms with Crippen LogP contribution >= 0.6 is 0 Å². The summed E-state index contributed by atoms with van der Waals surface area (Å²) in [6.45, 7) is 3.78. The van der Waals surface area contributed by atoms with Gasteiger partial charge < -0.3 is 10.0 Å². The average Bonchev–Trinajstić information content (AvgIpc) is 2.34. The molecule has 0 fully saturated rings. The summed E-state index contributed by atoms with van der Waals surface area (Å²) in [5.41, 5.74) is 11.6. The smallest absolute Gasteiger partial charge is 0.338 e. The molecule has 5 nitrogen and oxygen atoms in total. The third-order valence-electron chi connectivity index (χ3n) is 2.48. The van der Waals surface area contributed by atoms with E-state index in [4.69, 9.17) is 11.5 Å². The van der Waals surface area contributed by atoms with E-state index in [2.05, 4.69) is 16.8 Å². The fourth-order valence-electron chi connectivity index (χ4n) is 1.61. The first kappa shape index (κ1) is 13.3. The van der Waals surface area contributed by atoms with Crippen molar-refractivity contribution in [2.75, 3.05) is 24.5 Å². The average molecular weight is 237 g/mol. The van der Waals surface area contributed by atoms with Crippen LogP contribution < -0.4 is 21.4 Å². The van der Waals surface area contributed by atoms with Crippen molar-refractivity contribution in [3.63, 3.8) is 0 Å². The predicted molar refractivity (Wildman–Crippen MR) is 69.5 cm³/mol. The van der Waals surface area contributed by atoms with Crippen LogP contribution in [0.4, 0.5) is 5.69 Å². The fraction of sp³-hybridized carbons (Fsp3) is 0.417. The Labute approximate surface area is 102 Å². The normalized spacial score (nSPS) is 11.9. The number of aliphatic hydroxyl groups excluding tert-OH is 1. The Bertz CT molecular complexity index is 349. The molecule has 0 unspecified atom stereocenters. The van der Waals surface area contributed by atoms with E-state index >= 15 is 0 Å². The molecule has 1 rings (SSSR count). The van der Waals surface area contributed by atoms with Crippen molar-refractivity contribution >= 4 is 11.6 Å². The van der Waals surface area contributed by atoms with Crippen LogP contribution in [-0.2, 0) is 0 Å². The van der Waals surface area contributed by atoms with E-state index in [9.17, 15) is 5.11 Å². The Morgan fingerprint density at radius 1 is 1.35 bits per heavy atom. The second kappa shape index (κ2) is 6.75. The fourth-order valence-corrected chi connectivity index (χ4v) is 1.61. The summed E-state index contributed by atoms with van der Waals surface area (Å²) in [4.78, 5) is 4.82. The number of aliphatic hydroxyl groups is 1. The summed E-state index contributed by atoms with van der Waals surface area (Å²) in [6.07, 6.45) is -0.516. The van der Waals surface area contributed by atoms with Gasteiger partial charge >= 0.3 is 5.96 Å². The van der Waals surface area contributed by atoms with E-state index in [1.165, 1.54) is 0 Å². The van der Waals surface area contributed by atoms with Crippen molar-refractivity contribution in [2.45, 2.75) is 13.0 Å². The first-order chi connectivity index (χ1) is 8.13. The van der Waals surface area contributed by atoms with Crippen LogP contribution in [0.2, 0.25) is 0 Å². The molecule has 1 atom stereocenters. The molecule has 17 heavy (non-hydrogen) atoms. The minimum atomic E-state index is -0.516. The largest absolute Gasteiger partial charge is 0.388 e. The number of rotatable bonds is 6. The van der Waals surface area contributed by atoms with Crippen LogP contribution in [-0.4, -0.2) is 36.8 Å². The number of nitrogens with zero attached hydrogens (tertiary/aromatic N) is 1. The molecular weight excluding hydrogens is 216 g/mol. The van der Waals surface area contributed by atoms with E-state index in [1.807, 2.05) is 30.3 Å². The maximum atomic E-state index is 9.83. The van der Waals surface area contributed by atoms with Crippen LogP contribution in [0, 0.1) is 0 Å². The Kier molecular flexibility index (Phi) is 5.29. The summed E-state index contributed by atoms with van der Waals surface area (Å²) in [7, 11) is 0. The highest BCUT2D eigenvalue weighted by atomic mass is 16.3. The highest BCUT2D eigenvalue weighted by Gasteiger charge is 2.10. The standard InChI is InChI=1S/C12H20N4O/c1-2-16(10-6-4-3-5-7-10)9-11(17)8-15-12(13)14/h3-7,11,17H,2,8-9H2,1H3,(H4,13,14,15)/p+1/t11-/m1/s1. The van der Waals surface area contributed by atoms with E-state index in [0.29, 0.717) is 13.1 Å². The SMILES string of the molecule is CCN(C[C@H](O)C[NH+]=C(N)N)c1ccccc1. The topological polar surface area (TPSA) is 89.5 Å². The number of hydrogen-bond acceptors (Lipinski definition) is 2. The zero-order valence-corrected chi connectivity index (χ0v) is 10.1. The van der Waals surface area contributed by atoms with E-state index in [0.717, 1.165) is 12.2 Å². The van der Waals surface area contributed by atoms with Crippen molar-refractivity contribution in [1.82, 2.24) is 0 Å². The molecule has 0 bridgehead atoms. The third-order valence-corrected chi connectivity index (χ3v) is 2.48. The Balaban J connectivity index is 2.56. The van der Waals surface area contributed by atoms with E-state index in [-0.39, 0.29) is 5.96 Å². The van der Waals surface area contributed by atoms with Crippen LogP contribution in [0.25, 0.3) is 0 Å². The van der Waals surface area contributed by atoms with Gasteiger partial charge in [-0.15, -0.1) is 0 Å². The van der Waals surface area contributed by atoms with Gasteiger partial charge in [-0.1, -0.05) is 18.2 Å². The summed E-state index contributed by atoms with van der Waals surface area (Å²) < 4.78 is 0. The van der Waals surface area contributed by atoms with Gasteiger partial charge in [-0.25, -0.2) is 0 Å². The van der Waals surface area contributed by atoms with Crippen molar-refractivity contribution in [3.05, 3.63) is 30.3 Å². The molecule has 0 aliphatic rings. The summed E-state index contributed by atoms with van der Waals surface area (Å²) in [5, 5.41) is 9.83. The lowest BCUT2D eigenvalue weighted by atomic mass is 10.2. The minimum Gasteiger partial charge on any atom is -0.388 e. The molecule has 0 heterocycles. The van der Waals surface area contributed by atoms with Crippen molar-refractivity contribution in [3.8, 4) is 0 Å². The van der Waals surface area contributed by atoms with Gasteiger partial charge in [0.05, 0.1) is 6.54 Å². The molecule has 0 saturated carbocycles. The van der Waals surface area contributed by atoms with Gasteiger partial charge in [0.1, 0.15) is 6.10 Å². The highest BCUT2D eigenvalue weighted by molar-refractivity contribution is 5.69. The molecule has 0 aliphatic carbocycles. The number of benzene rings is 1. The third kappa shape index (κ3) is 4.74. The molecule has 0 aromatic heterocycles. The number of anilines is 1. The zero-order valence-electron chi connectivity index (χ0n) is 10.1. The Hall–Kier alpha value is -1.75. The number of nitrogens with one attached hydrogen (secondary N) is 1. The van der Waals surface area contributed by atoms with Gasteiger partial charge in [0.15, 0.2) is 0 Å². The molecule has 0 amide bonds. The molecule has 94 valence electrons. The van der Waals surface area contributed by atoms with Gasteiger partial charge in [-0.2, -0.15) is 0 Å². The zero-order chi connectivity index (χ0) is 12.7. The van der Waals surface area contributed by atoms with Gasteiger partial charge in [0.2, 0.25) is 0 Å². The van der Waals surface area contributed by atoms with Gasteiger partial charge in [0, 0.05) is 18.8 Å². The number of para-hydroxylation sites is 1. The van der Waals surface area contributed by atoms with Gasteiger partial charge in [-0.3, -0.25) is 16.5 Å². The van der Waals surface area contributed by atoms with Crippen molar-refractivity contribution in [1.29, 1.82) is 0 Å². The first-order valence-electron chi connectivity index (χ1n) is 5.73. The van der Waals surface area contributed by atoms with E-state index in [1.54, 1.807) is 0 Å². The molecule has 0 radical (unpaired) electrons. The lowest BCUT2D eigenvalue weighted by Gasteiger charge is -2.25. The number of hydrogen-bond donors (Lipinski definition) is 4. The summed E-state index contributed by atoms with van der Waals surface area (Å²) in [5.74, 6) is 0.131. The van der Waals surface area contributed by atoms with Crippen LogP contribution in [0.5, 0.6) is 0 Å². The van der Waals surface area contributed by atoms with Gasteiger partial charge in [0.25, 0.3) is 0 Å². The molecule has 6 N–H and O–H groups in total. The molecule has 1 aromatic carbocycles. The molecule has 0 saturated heterocycles. The molecule has 5 heteroatoms. The Morgan fingerprint density at radius 3 is 2.53 bits per heavy atom. The number of nitrogens with two attached hydrogens (primary N) is 2. The lowest BCUT2D eigenvalue weighted by Crippen LogP contribution is -2.80. The second-order valence-electron chi connectivity index (χ2n) is 3.86. The van der Waals surface area contributed by atoms with E-state index < -0.39 is 6.10 Å². The Morgan fingerprint density at radius 2 is 2.00 bits per heavy atom. The van der Waals surface area contributed by atoms with Crippen molar-refractivity contribution in [2.24, 2.45) is 11.5 Å².